The number of nitro groups is 1. The number of fused-ring (bicyclic) bond motifs is 1. The van der Waals surface area contributed by atoms with Crippen molar-refractivity contribution in [2.24, 2.45) is 5.73 Å². The van der Waals surface area contributed by atoms with Crippen molar-refractivity contribution in [2.75, 3.05) is 13.2 Å². The van der Waals surface area contributed by atoms with E-state index < -0.39 is 23.4 Å². The maximum absolute atomic E-state index is 12.0. The van der Waals surface area contributed by atoms with Crippen molar-refractivity contribution >= 4 is 17.6 Å². The molecule has 0 spiro atoms. The van der Waals surface area contributed by atoms with E-state index in [9.17, 15) is 14.9 Å². The first-order valence-electron chi connectivity index (χ1n) is 6.19. The third-order valence-corrected chi connectivity index (χ3v) is 3.24. The highest BCUT2D eigenvalue weighted by Crippen LogP contribution is 2.39. The van der Waals surface area contributed by atoms with E-state index in [0.29, 0.717) is 16.3 Å². The molecule has 2 N–H and O–H groups in total. The topological polar surface area (TPSA) is 105 Å². The molecule has 2 rings (SSSR count). The first kappa shape index (κ1) is 15.1. The molecule has 0 fully saturated rings. The molecule has 0 bridgehead atoms. The summed E-state index contributed by atoms with van der Waals surface area (Å²) in [6.07, 6.45) is 0. The van der Waals surface area contributed by atoms with Crippen LogP contribution in [0.1, 0.15) is 18.4 Å². The maximum Gasteiger partial charge on any atom is 0.340 e. The highest BCUT2D eigenvalue weighted by molar-refractivity contribution is 6.30. The van der Waals surface area contributed by atoms with Crippen molar-refractivity contribution in [3.8, 4) is 5.75 Å². The van der Waals surface area contributed by atoms with Gasteiger partial charge in [0.1, 0.15) is 11.3 Å². The second kappa shape index (κ2) is 6.01. The van der Waals surface area contributed by atoms with E-state index >= 15 is 0 Å². The van der Waals surface area contributed by atoms with E-state index in [1.807, 2.05) is 0 Å². The van der Waals surface area contributed by atoms with Gasteiger partial charge in [0.2, 0.25) is 12.4 Å². The first-order chi connectivity index (χ1) is 9.93. The molecule has 0 aliphatic carbocycles. The fourth-order valence-electron chi connectivity index (χ4n) is 2.18. The smallest absolute Gasteiger partial charge is 0.340 e. The fraction of sp³-hybridized carbons (Fsp3) is 0.308. The zero-order valence-electron chi connectivity index (χ0n) is 11.2. The average Bonchev–Trinajstić information content (AvgIpc) is 2.39. The van der Waals surface area contributed by atoms with Crippen LogP contribution in [0.4, 0.5) is 0 Å². The molecule has 0 unspecified atom stereocenters. The van der Waals surface area contributed by atoms with Crippen LogP contribution < -0.4 is 10.5 Å². The van der Waals surface area contributed by atoms with E-state index in [1.165, 1.54) is 6.07 Å². The summed E-state index contributed by atoms with van der Waals surface area (Å²) in [7, 11) is 0. The Balaban J connectivity index is 2.52. The second-order valence-corrected chi connectivity index (χ2v) is 4.79. The molecule has 0 amide bonds. The molecular weight excluding hydrogens is 300 g/mol. The molecule has 0 saturated heterocycles. The average molecular weight is 313 g/mol. The first-order valence-corrected chi connectivity index (χ1v) is 6.57. The van der Waals surface area contributed by atoms with Gasteiger partial charge in [0.15, 0.2) is 0 Å². The number of ether oxygens (including phenoxy) is 2. The lowest BCUT2D eigenvalue weighted by Gasteiger charge is -2.25. The highest BCUT2D eigenvalue weighted by Gasteiger charge is 2.37. The van der Waals surface area contributed by atoms with Crippen LogP contribution in [0, 0.1) is 10.1 Å². The van der Waals surface area contributed by atoms with Crippen LogP contribution in [0.15, 0.2) is 29.7 Å². The molecular formula is C13H13ClN2O5. The van der Waals surface area contributed by atoms with E-state index in [1.54, 1.807) is 19.1 Å². The van der Waals surface area contributed by atoms with Gasteiger partial charge in [-0.15, -0.1) is 0 Å². The summed E-state index contributed by atoms with van der Waals surface area (Å²) in [4.78, 5) is 22.4. The molecule has 21 heavy (non-hydrogen) atoms. The van der Waals surface area contributed by atoms with Gasteiger partial charge < -0.3 is 15.2 Å². The van der Waals surface area contributed by atoms with Gasteiger partial charge in [0.05, 0.1) is 12.5 Å². The quantitative estimate of drug-likeness (QED) is 0.516. The minimum Gasteiger partial charge on any atom is -0.462 e. The molecule has 1 aromatic carbocycles. The van der Waals surface area contributed by atoms with Gasteiger partial charge in [-0.1, -0.05) is 11.6 Å². The third-order valence-electron chi connectivity index (χ3n) is 3.01. The number of hydrogen-bond donors (Lipinski definition) is 1. The van der Waals surface area contributed by atoms with E-state index in [4.69, 9.17) is 26.8 Å². The lowest BCUT2D eigenvalue weighted by atomic mass is 9.88. The van der Waals surface area contributed by atoms with E-state index in [2.05, 4.69) is 0 Å². The zero-order valence-corrected chi connectivity index (χ0v) is 11.9. The van der Waals surface area contributed by atoms with Gasteiger partial charge in [-0.05, 0) is 25.1 Å². The molecule has 0 radical (unpaired) electrons. The van der Waals surface area contributed by atoms with Gasteiger partial charge in [-0.2, -0.15) is 0 Å². The summed E-state index contributed by atoms with van der Waals surface area (Å²) >= 11 is 5.91. The molecule has 1 heterocycles. The Morgan fingerprint density at radius 3 is 2.90 bits per heavy atom. The summed E-state index contributed by atoms with van der Waals surface area (Å²) in [5.41, 5.74) is 6.12. The molecule has 1 aromatic rings. The third kappa shape index (κ3) is 3.08. The predicted molar refractivity (Wildman–Crippen MR) is 74.5 cm³/mol. The van der Waals surface area contributed by atoms with Gasteiger partial charge >= 0.3 is 5.97 Å². The SMILES string of the molecule is CCOC(=O)C1=C(N)Oc2ccc(Cl)cc2[C@H]1C[N+](=O)[O-]. The van der Waals surface area contributed by atoms with Crippen molar-refractivity contribution in [2.45, 2.75) is 12.8 Å². The number of rotatable bonds is 4. The monoisotopic (exact) mass is 312 g/mol. The van der Waals surface area contributed by atoms with Crippen molar-refractivity contribution in [1.82, 2.24) is 0 Å². The molecule has 1 atom stereocenters. The lowest BCUT2D eigenvalue weighted by Crippen LogP contribution is -2.30. The number of nitrogens with two attached hydrogens (primary N) is 1. The standard InChI is InChI=1S/C13H13ClN2O5/c1-2-20-13(17)11-9(6-16(18)19)8-5-7(14)3-4-10(8)21-12(11)15/h3-5,9H,2,6,15H2,1H3/t9-/m1/s1. The fourth-order valence-corrected chi connectivity index (χ4v) is 2.36. The van der Waals surface area contributed by atoms with E-state index in [-0.39, 0.29) is 18.1 Å². The van der Waals surface area contributed by atoms with E-state index in [0.717, 1.165) is 0 Å². The minimum atomic E-state index is -0.860. The number of carbonyl (C=O) groups is 1. The number of halogens is 1. The van der Waals surface area contributed by atoms with Gasteiger partial charge in [-0.25, -0.2) is 4.79 Å². The normalized spacial score (nSPS) is 17.0. The van der Waals surface area contributed by atoms with Crippen LogP contribution in [-0.2, 0) is 9.53 Å². The number of esters is 1. The molecule has 7 nitrogen and oxygen atoms in total. The number of hydrogen-bond acceptors (Lipinski definition) is 6. The summed E-state index contributed by atoms with van der Waals surface area (Å²) in [6.45, 7) is 1.25. The molecule has 0 aromatic heterocycles. The van der Waals surface area contributed by atoms with Crippen LogP contribution in [0.3, 0.4) is 0 Å². The van der Waals surface area contributed by atoms with Crippen LogP contribution in [0.25, 0.3) is 0 Å². The summed E-state index contributed by atoms with van der Waals surface area (Å²) in [5, 5.41) is 11.3. The van der Waals surface area contributed by atoms with Crippen molar-refractivity contribution in [1.29, 1.82) is 0 Å². The molecule has 8 heteroatoms. The van der Waals surface area contributed by atoms with Gasteiger partial charge in [-0.3, -0.25) is 10.1 Å². The maximum atomic E-state index is 12.0. The van der Waals surface area contributed by atoms with Crippen molar-refractivity contribution < 1.29 is 19.2 Å². The largest absolute Gasteiger partial charge is 0.462 e. The Kier molecular flexibility index (Phi) is 4.32. The minimum absolute atomic E-state index is 0.0525. The van der Waals surface area contributed by atoms with Crippen LogP contribution in [0.5, 0.6) is 5.75 Å². The number of carbonyl (C=O) groups excluding carboxylic acids is 1. The summed E-state index contributed by atoms with van der Waals surface area (Å²) < 4.78 is 10.3. The van der Waals surface area contributed by atoms with Crippen molar-refractivity contribution in [3.05, 3.63) is 50.4 Å². The Morgan fingerprint density at radius 2 is 2.29 bits per heavy atom. The van der Waals surface area contributed by atoms with Gasteiger partial charge in [0, 0.05) is 15.5 Å². The predicted octanol–water partition coefficient (Wildman–Crippen LogP) is 1.83. The highest BCUT2D eigenvalue weighted by atomic mass is 35.5. The molecule has 1 aliphatic rings. The Morgan fingerprint density at radius 1 is 1.57 bits per heavy atom. The zero-order chi connectivity index (χ0) is 15.6. The summed E-state index contributed by atoms with van der Waals surface area (Å²) in [5.74, 6) is -1.43. The Bertz CT molecular complexity index is 629. The lowest BCUT2D eigenvalue weighted by molar-refractivity contribution is -0.482. The Labute approximate surface area is 125 Å². The Hall–Kier alpha value is -2.28. The number of nitrogens with zero attached hydrogens (tertiary/aromatic N) is 1. The number of benzene rings is 1. The summed E-state index contributed by atoms with van der Waals surface area (Å²) in [6, 6.07) is 4.66. The van der Waals surface area contributed by atoms with Crippen LogP contribution >= 0.6 is 11.6 Å². The van der Waals surface area contributed by atoms with Gasteiger partial charge in [0.25, 0.3) is 0 Å². The molecule has 1 aliphatic heterocycles. The van der Waals surface area contributed by atoms with Crippen molar-refractivity contribution in [3.63, 3.8) is 0 Å². The van der Waals surface area contributed by atoms with Crippen LogP contribution in [-0.4, -0.2) is 24.0 Å². The van der Waals surface area contributed by atoms with Crippen LogP contribution in [0.2, 0.25) is 5.02 Å². The molecule has 0 saturated carbocycles. The molecule has 112 valence electrons. The second-order valence-electron chi connectivity index (χ2n) is 4.35.